The minimum atomic E-state index is 0.800. The fourth-order valence-electron chi connectivity index (χ4n) is 1.96. The normalized spacial score (nSPS) is 25.5. The average Bonchev–Trinajstić information content (AvgIpc) is 2.36. The summed E-state index contributed by atoms with van der Waals surface area (Å²) in [6.45, 7) is 5.59. The Kier molecular flexibility index (Phi) is 3.98. The molecule has 0 radical (unpaired) electrons. The van der Waals surface area contributed by atoms with Gasteiger partial charge >= 0.3 is 0 Å². The van der Waals surface area contributed by atoms with E-state index in [-0.39, 0.29) is 0 Å². The molecule has 0 aliphatic carbocycles. The largest absolute Gasteiger partial charge is 0.329 e. The van der Waals surface area contributed by atoms with E-state index in [1.165, 1.54) is 26.1 Å². The summed E-state index contributed by atoms with van der Waals surface area (Å²) in [6.07, 6.45) is 1.35. The average molecular weight is 171 g/mol. The van der Waals surface area contributed by atoms with Crippen LogP contribution in [0.5, 0.6) is 0 Å². The molecule has 12 heavy (non-hydrogen) atoms. The molecule has 0 aromatic rings. The molecular formula is C9H21N3. The molecule has 3 nitrogen and oxygen atoms in total. The van der Waals surface area contributed by atoms with Gasteiger partial charge in [0.25, 0.3) is 0 Å². The van der Waals surface area contributed by atoms with E-state index >= 15 is 0 Å². The lowest BCUT2D eigenvalue weighted by Crippen LogP contribution is -2.29. The highest BCUT2D eigenvalue weighted by Gasteiger charge is 2.21. The van der Waals surface area contributed by atoms with Crippen molar-refractivity contribution in [2.45, 2.75) is 6.42 Å². The zero-order valence-corrected chi connectivity index (χ0v) is 8.29. The summed E-state index contributed by atoms with van der Waals surface area (Å²) in [4.78, 5) is 4.74. The topological polar surface area (TPSA) is 32.5 Å². The monoisotopic (exact) mass is 171 g/mol. The van der Waals surface area contributed by atoms with Gasteiger partial charge in [0.15, 0.2) is 0 Å². The van der Waals surface area contributed by atoms with E-state index in [0.29, 0.717) is 0 Å². The Balaban J connectivity index is 2.16. The van der Waals surface area contributed by atoms with Crippen molar-refractivity contribution in [2.24, 2.45) is 11.7 Å². The lowest BCUT2D eigenvalue weighted by atomic mass is 10.1. The molecule has 0 bridgehead atoms. The van der Waals surface area contributed by atoms with Crippen LogP contribution < -0.4 is 5.73 Å². The Bertz CT molecular complexity index is 125. The maximum absolute atomic E-state index is 5.50. The van der Waals surface area contributed by atoms with Crippen LogP contribution >= 0.6 is 0 Å². The summed E-state index contributed by atoms with van der Waals surface area (Å²) >= 11 is 0. The Labute approximate surface area is 75.5 Å². The van der Waals surface area contributed by atoms with Crippen LogP contribution in [0.4, 0.5) is 0 Å². The van der Waals surface area contributed by atoms with E-state index in [1.54, 1.807) is 0 Å². The number of hydrogen-bond donors (Lipinski definition) is 1. The molecular weight excluding hydrogens is 150 g/mol. The molecule has 0 aromatic carbocycles. The van der Waals surface area contributed by atoms with Crippen molar-refractivity contribution in [2.75, 3.05) is 46.8 Å². The van der Waals surface area contributed by atoms with Crippen LogP contribution in [0.1, 0.15) is 6.42 Å². The van der Waals surface area contributed by atoms with Gasteiger partial charge in [0.2, 0.25) is 0 Å². The number of rotatable bonds is 4. The summed E-state index contributed by atoms with van der Waals surface area (Å²) < 4.78 is 0. The first kappa shape index (κ1) is 9.96. The van der Waals surface area contributed by atoms with Gasteiger partial charge in [-0.2, -0.15) is 0 Å². The Morgan fingerprint density at radius 1 is 1.50 bits per heavy atom. The van der Waals surface area contributed by atoms with Crippen LogP contribution in [-0.2, 0) is 0 Å². The fraction of sp³-hybridized carbons (Fsp3) is 1.00. The molecule has 1 fully saturated rings. The standard InChI is InChI=1S/C9H21N3/c1-11(2)7-9-3-5-12(8-9)6-4-10/h9H,3-8,10H2,1-2H3/t9-/m1/s1. The zero-order chi connectivity index (χ0) is 8.97. The van der Waals surface area contributed by atoms with Crippen LogP contribution in [0, 0.1) is 5.92 Å². The molecule has 1 rings (SSSR count). The highest BCUT2D eigenvalue weighted by Crippen LogP contribution is 2.15. The van der Waals surface area contributed by atoms with Gasteiger partial charge in [0, 0.05) is 26.2 Å². The van der Waals surface area contributed by atoms with Crippen molar-refractivity contribution in [3.8, 4) is 0 Å². The third-order valence-electron chi connectivity index (χ3n) is 2.44. The second kappa shape index (κ2) is 4.80. The van der Waals surface area contributed by atoms with Gasteiger partial charge in [-0.25, -0.2) is 0 Å². The van der Waals surface area contributed by atoms with E-state index < -0.39 is 0 Å². The third-order valence-corrected chi connectivity index (χ3v) is 2.44. The molecule has 1 aliphatic heterocycles. The smallest absolute Gasteiger partial charge is 0.0105 e. The van der Waals surface area contributed by atoms with Crippen molar-refractivity contribution in [3.05, 3.63) is 0 Å². The molecule has 1 saturated heterocycles. The molecule has 0 aromatic heterocycles. The van der Waals surface area contributed by atoms with Crippen LogP contribution in [-0.4, -0.2) is 56.6 Å². The van der Waals surface area contributed by atoms with Crippen molar-refractivity contribution in [3.63, 3.8) is 0 Å². The minimum Gasteiger partial charge on any atom is -0.329 e. The first-order valence-corrected chi connectivity index (χ1v) is 4.79. The van der Waals surface area contributed by atoms with Crippen molar-refractivity contribution in [1.29, 1.82) is 0 Å². The second-order valence-electron chi connectivity index (χ2n) is 4.01. The maximum Gasteiger partial charge on any atom is 0.0105 e. The van der Waals surface area contributed by atoms with Crippen LogP contribution in [0.25, 0.3) is 0 Å². The lowest BCUT2D eigenvalue weighted by Gasteiger charge is -2.17. The van der Waals surface area contributed by atoms with Crippen molar-refractivity contribution >= 4 is 0 Å². The number of nitrogens with zero attached hydrogens (tertiary/aromatic N) is 2. The number of likely N-dealkylation sites (tertiary alicyclic amines) is 1. The molecule has 0 amide bonds. The third kappa shape index (κ3) is 3.09. The van der Waals surface area contributed by atoms with E-state index in [2.05, 4.69) is 23.9 Å². The summed E-state index contributed by atoms with van der Waals surface area (Å²) in [5, 5.41) is 0. The van der Waals surface area contributed by atoms with E-state index in [9.17, 15) is 0 Å². The Morgan fingerprint density at radius 3 is 2.83 bits per heavy atom. The molecule has 3 heteroatoms. The Hall–Kier alpha value is -0.120. The van der Waals surface area contributed by atoms with Crippen LogP contribution in [0.15, 0.2) is 0 Å². The van der Waals surface area contributed by atoms with Crippen LogP contribution in [0.2, 0.25) is 0 Å². The van der Waals surface area contributed by atoms with Gasteiger partial charge < -0.3 is 15.5 Å². The summed E-state index contributed by atoms with van der Waals surface area (Å²) in [7, 11) is 4.29. The molecule has 0 saturated carbocycles. The molecule has 1 heterocycles. The van der Waals surface area contributed by atoms with E-state index in [4.69, 9.17) is 5.73 Å². The van der Waals surface area contributed by atoms with Crippen molar-refractivity contribution in [1.82, 2.24) is 9.80 Å². The Morgan fingerprint density at radius 2 is 2.25 bits per heavy atom. The molecule has 72 valence electrons. The van der Waals surface area contributed by atoms with E-state index in [1.807, 2.05) is 0 Å². The van der Waals surface area contributed by atoms with Gasteiger partial charge in [-0.3, -0.25) is 0 Å². The molecule has 0 spiro atoms. The maximum atomic E-state index is 5.50. The fourth-order valence-corrected chi connectivity index (χ4v) is 1.96. The van der Waals surface area contributed by atoms with Gasteiger partial charge in [0.05, 0.1) is 0 Å². The number of hydrogen-bond acceptors (Lipinski definition) is 3. The first-order valence-electron chi connectivity index (χ1n) is 4.79. The minimum absolute atomic E-state index is 0.800. The quantitative estimate of drug-likeness (QED) is 0.637. The highest BCUT2D eigenvalue weighted by atomic mass is 15.2. The first-order chi connectivity index (χ1) is 5.72. The van der Waals surface area contributed by atoms with Crippen molar-refractivity contribution < 1.29 is 0 Å². The lowest BCUT2D eigenvalue weighted by molar-refractivity contribution is 0.295. The zero-order valence-electron chi connectivity index (χ0n) is 8.29. The molecule has 1 atom stereocenters. The predicted octanol–water partition coefficient (Wildman–Crippen LogP) is -0.171. The van der Waals surface area contributed by atoms with Crippen LogP contribution in [0.3, 0.4) is 0 Å². The highest BCUT2D eigenvalue weighted by molar-refractivity contribution is 4.76. The predicted molar refractivity (Wildman–Crippen MR) is 52.2 cm³/mol. The van der Waals surface area contributed by atoms with Gasteiger partial charge in [-0.05, 0) is 33.0 Å². The van der Waals surface area contributed by atoms with Gasteiger partial charge in [-0.1, -0.05) is 0 Å². The molecule has 2 N–H and O–H groups in total. The number of nitrogens with two attached hydrogens (primary N) is 1. The van der Waals surface area contributed by atoms with Gasteiger partial charge in [-0.15, -0.1) is 0 Å². The summed E-state index contributed by atoms with van der Waals surface area (Å²) in [6, 6.07) is 0. The second-order valence-corrected chi connectivity index (χ2v) is 4.01. The SMILES string of the molecule is CN(C)C[C@H]1CCN(CCN)C1. The molecule has 0 unspecified atom stereocenters. The molecule has 1 aliphatic rings. The summed E-state index contributed by atoms with van der Waals surface area (Å²) in [5.74, 6) is 0.867. The summed E-state index contributed by atoms with van der Waals surface area (Å²) in [5.41, 5.74) is 5.50. The van der Waals surface area contributed by atoms with E-state index in [0.717, 1.165) is 19.0 Å². The van der Waals surface area contributed by atoms with Gasteiger partial charge in [0.1, 0.15) is 0 Å².